The van der Waals surface area contributed by atoms with E-state index in [2.05, 4.69) is 4.98 Å². The number of thiophene rings is 1. The molecule has 0 saturated carbocycles. The Morgan fingerprint density at radius 1 is 1.44 bits per heavy atom. The van der Waals surface area contributed by atoms with E-state index in [-0.39, 0.29) is 5.78 Å². The van der Waals surface area contributed by atoms with Crippen LogP contribution >= 0.6 is 11.3 Å². The number of hydrogen-bond acceptors (Lipinski definition) is 3. The molecule has 0 amide bonds. The molecular weight excluding hydrogens is 218 g/mol. The molecule has 80 valence electrons. The van der Waals surface area contributed by atoms with Crippen molar-refractivity contribution in [2.24, 2.45) is 0 Å². The van der Waals surface area contributed by atoms with Crippen molar-refractivity contribution in [3.05, 3.63) is 58.6 Å². The van der Waals surface area contributed by atoms with Gasteiger partial charge < -0.3 is 0 Å². The number of pyridine rings is 1. The Morgan fingerprint density at radius 2 is 2.38 bits per heavy atom. The van der Waals surface area contributed by atoms with E-state index < -0.39 is 0 Å². The fourth-order valence-corrected chi connectivity index (χ4v) is 1.95. The second-order valence-electron chi connectivity index (χ2n) is 3.39. The van der Waals surface area contributed by atoms with Crippen molar-refractivity contribution in [1.29, 1.82) is 0 Å². The summed E-state index contributed by atoms with van der Waals surface area (Å²) in [5, 5.41) is 4.00. The van der Waals surface area contributed by atoms with Gasteiger partial charge in [0.2, 0.25) is 0 Å². The van der Waals surface area contributed by atoms with E-state index in [9.17, 15) is 4.79 Å². The van der Waals surface area contributed by atoms with Crippen molar-refractivity contribution in [2.45, 2.75) is 6.42 Å². The van der Waals surface area contributed by atoms with Crippen LogP contribution in [0.1, 0.15) is 11.1 Å². The molecule has 0 atom stereocenters. The van der Waals surface area contributed by atoms with Crippen molar-refractivity contribution in [3.8, 4) is 0 Å². The van der Waals surface area contributed by atoms with Crippen LogP contribution in [0, 0.1) is 0 Å². The lowest BCUT2D eigenvalue weighted by Gasteiger charge is -1.95. The number of ketones is 1. The van der Waals surface area contributed by atoms with E-state index in [1.54, 1.807) is 29.8 Å². The third kappa shape index (κ3) is 3.14. The number of hydrogen-bond donors (Lipinski definition) is 0. The predicted molar refractivity (Wildman–Crippen MR) is 66.3 cm³/mol. The number of rotatable bonds is 4. The Balaban J connectivity index is 1.95. The molecule has 0 radical (unpaired) electrons. The van der Waals surface area contributed by atoms with E-state index in [0.717, 1.165) is 11.1 Å². The predicted octanol–water partition coefficient (Wildman–Crippen LogP) is 2.97. The van der Waals surface area contributed by atoms with Crippen molar-refractivity contribution < 1.29 is 4.79 Å². The molecule has 0 unspecified atom stereocenters. The third-order valence-corrected chi connectivity index (χ3v) is 2.81. The lowest BCUT2D eigenvalue weighted by Crippen LogP contribution is -1.98. The number of carbonyl (C=O) groups is 1. The molecular formula is C13H11NOS. The number of aromatic nitrogens is 1. The van der Waals surface area contributed by atoms with E-state index >= 15 is 0 Å². The largest absolute Gasteiger partial charge is 0.294 e. The summed E-state index contributed by atoms with van der Waals surface area (Å²) < 4.78 is 0. The molecule has 0 N–H and O–H groups in total. The average Bonchev–Trinajstić information content (AvgIpc) is 2.81. The minimum absolute atomic E-state index is 0.0965. The van der Waals surface area contributed by atoms with Gasteiger partial charge in [-0.2, -0.15) is 11.3 Å². The van der Waals surface area contributed by atoms with Crippen LogP contribution < -0.4 is 0 Å². The summed E-state index contributed by atoms with van der Waals surface area (Å²) in [7, 11) is 0. The maximum Gasteiger partial charge on any atom is 0.160 e. The van der Waals surface area contributed by atoms with E-state index in [1.807, 2.05) is 35.0 Å². The number of carbonyl (C=O) groups excluding carboxylic acids is 1. The number of nitrogens with zero attached hydrogens (tertiary/aromatic N) is 1. The highest BCUT2D eigenvalue weighted by molar-refractivity contribution is 7.08. The van der Waals surface area contributed by atoms with Crippen molar-refractivity contribution in [2.75, 3.05) is 0 Å². The first kappa shape index (κ1) is 10.8. The van der Waals surface area contributed by atoms with Gasteiger partial charge in [0.15, 0.2) is 5.78 Å². The molecule has 2 nitrogen and oxygen atoms in total. The first-order valence-corrected chi connectivity index (χ1v) is 5.91. The lowest BCUT2D eigenvalue weighted by atomic mass is 10.1. The molecule has 2 rings (SSSR count). The molecule has 0 saturated heterocycles. The summed E-state index contributed by atoms with van der Waals surface area (Å²) in [4.78, 5) is 15.6. The van der Waals surface area contributed by atoms with Crippen LogP contribution in [0.2, 0.25) is 0 Å². The van der Waals surface area contributed by atoms with Crippen LogP contribution in [0.25, 0.3) is 6.08 Å². The summed E-state index contributed by atoms with van der Waals surface area (Å²) in [5.74, 6) is 0.0965. The monoisotopic (exact) mass is 229 g/mol. The second kappa shape index (κ2) is 5.37. The van der Waals surface area contributed by atoms with Gasteiger partial charge >= 0.3 is 0 Å². The molecule has 0 spiro atoms. The van der Waals surface area contributed by atoms with Gasteiger partial charge in [-0.3, -0.25) is 9.78 Å². The Labute approximate surface area is 98.3 Å². The van der Waals surface area contributed by atoms with E-state index in [4.69, 9.17) is 0 Å². The summed E-state index contributed by atoms with van der Waals surface area (Å²) in [6, 6.07) is 5.73. The molecule has 2 aromatic rings. The fourth-order valence-electron chi connectivity index (χ4n) is 1.32. The average molecular weight is 229 g/mol. The van der Waals surface area contributed by atoms with Gasteiger partial charge in [-0.25, -0.2) is 0 Å². The topological polar surface area (TPSA) is 30.0 Å². The Morgan fingerprint density at radius 3 is 3.06 bits per heavy atom. The van der Waals surface area contributed by atoms with Crippen molar-refractivity contribution >= 4 is 23.2 Å². The van der Waals surface area contributed by atoms with E-state index in [0.29, 0.717) is 6.42 Å². The van der Waals surface area contributed by atoms with Crippen molar-refractivity contribution in [3.63, 3.8) is 0 Å². The Kier molecular flexibility index (Phi) is 3.62. The Hall–Kier alpha value is -1.74. The molecule has 0 aliphatic heterocycles. The minimum Gasteiger partial charge on any atom is -0.294 e. The van der Waals surface area contributed by atoms with Crippen LogP contribution in [0.3, 0.4) is 0 Å². The van der Waals surface area contributed by atoms with Crippen LogP contribution in [-0.2, 0) is 11.2 Å². The van der Waals surface area contributed by atoms with Crippen LogP contribution in [0.5, 0.6) is 0 Å². The molecule has 3 heteroatoms. The van der Waals surface area contributed by atoms with Gasteiger partial charge in [0, 0.05) is 18.8 Å². The molecule has 2 heterocycles. The van der Waals surface area contributed by atoms with E-state index in [1.165, 1.54) is 0 Å². The highest BCUT2D eigenvalue weighted by Crippen LogP contribution is 2.08. The normalized spacial score (nSPS) is 10.8. The molecule has 2 aromatic heterocycles. The summed E-state index contributed by atoms with van der Waals surface area (Å²) in [5.41, 5.74) is 2.02. The van der Waals surface area contributed by atoms with Gasteiger partial charge in [0.25, 0.3) is 0 Å². The standard InChI is InChI=1S/C13H11NOS/c15-13(4-3-11-5-7-16-10-11)8-12-2-1-6-14-9-12/h1-7,9-10H,8H2. The van der Waals surface area contributed by atoms with Crippen LogP contribution in [-0.4, -0.2) is 10.8 Å². The maximum atomic E-state index is 11.6. The zero-order chi connectivity index (χ0) is 11.2. The van der Waals surface area contributed by atoms with Gasteiger partial charge in [-0.15, -0.1) is 0 Å². The highest BCUT2D eigenvalue weighted by atomic mass is 32.1. The summed E-state index contributed by atoms with van der Waals surface area (Å²) in [6.07, 6.45) is 7.30. The molecule has 0 aliphatic carbocycles. The van der Waals surface area contributed by atoms with Gasteiger partial charge in [0.05, 0.1) is 0 Å². The molecule has 0 aliphatic rings. The molecule has 0 bridgehead atoms. The van der Waals surface area contributed by atoms with Crippen LogP contribution in [0.15, 0.2) is 47.4 Å². The zero-order valence-electron chi connectivity index (χ0n) is 8.67. The van der Waals surface area contributed by atoms with Crippen molar-refractivity contribution in [1.82, 2.24) is 4.98 Å². The molecule has 16 heavy (non-hydrogen) atoms. The van der Waals surface area contributed by atoms with Crippen LogP contribution in [0.4, 0.5) is 0 Å². The summed E-state index contributed by atoms with van der Waals surface area (Å²) >= 11 is 1.62. The lowest BCUT2D eigenvalue weighted by molar-refractivity contribution is -0.113. The third-order valence-electron chi connectivity index (χ3n) is 2.11. The molecule has 0 aromatic carbocycles. The van der Waals surface area contributed by atoms with Gasteiger partial charge in [-0.1, -0.05) is 12.1 Å². The molecule has 0 fully saturated rings. The first-order valence-electron chi connectivity index (χ1n) is 4.96. The maximum absolute atomic E-state index is 11.6. The first-order chi connectivity index (χ1) is 7.84. The highest BCUT2D eigenvalue weighted by Gasteiger charge is 1.99. The van der Waals surface area contributed by atoms with Gasteiger partial charge in [-0.05, 0) is 40.1 Å². The SMILES string of the molecule is O=C(C=Cc1ccsc1)Cc1cccnc1. The zero-order valence-corrected chi connectivity index (χ0v) is 9.48. The van der Waals surface area contributed by atoms with Gasteiger partial charge in [0.1, 0.15) is 0 Å². The quantitative estimate of drug-likeness (QED) is 0.754. The minimum atomic E-state index is 0.0965. The summed E-state index contributed by atoms with van der Waals surface area (Å²) in [6.45, 7) is 0. The fraction of sp³-hybridized carbons (Fsp3) is 0.0769. The second-order valence-corrected chi connectivity index (χ2v) is 4.17. The number of allylic oxidation sites excluding steroid dienone is 1. The Bertz CT molecular complexity index is 474. The smallest absolute Gasteiger partial charge is 0.160 e.